The van der Waals surface area contributed by atoms with E-state index < -0.39 is 6.10 Å². The van der Waals surface area contributed by atoms with Crippen molar-refractivity contribution in [1.29, 1.82) is 0 Å². The maximum atomic E-state index is 12.1. The number of methoxy groups -OCH3 is 1. The highest BCUT2D eigenvalue weighted by molar-refractivity contribution is 7.10. The molecule has 1 atom stereocenters. The fourth-order valence-corrected chi connectivity index (χ4v) is 2.25. The second-order valence-corrected chi connectivity index (χ2v) is 4.87. The lowest BCUT2D eigenvalue weighted by molar-refractivity contribution is 0.0380. The molecule has 6 heteroatoms. The van der Waals surface area contributed by atoms with E-state index in [9.17, 15) is 9.90 Å². The SMILES string of the molecule is COCC(O)CN(C)C(=O)c1csc(C#CCO)c1. The molecular weight excluding hydrogens is 266 g/mol. The summed E-state index contributed by atoms with van der Waals surface area (Å²) in [6.07, 6.45) is -0.703. The van der Waals surface area contributed by atoms with E-state index in [-0.39, 0.29) is 25.7 Å². The first-order valence-corrected chi connectivity index (χ1v) is 6.57. The maximum absolute atomic E-state index is 12.1. The Bertz CT molecular complexity index is 474. The van der Waals surface area contributed by atoms with Gasteiger partial charge in [-0.1, -0.05) is 11.8 Å². The summed E-state index contributed by atoms with van der Waals surface area (Å²) < 4.78 is 4.81. The Balaban J connectivity index is 2.64. The molecule has 1 unspecified atom stereocenters. The second-order valence-electron chi connectivity index (χ2n) is 3.95. The van der Waals surface area contributed by atoms with Gasteiger partial charge in [-0.05, 0) is 6.07 Å². The monoisotopic (exact) mass is 283 g/mol. The van der Waals surface area contributed by atoms with Crippen LogP contribution in [0, 0.1) is 11.8 Å². The zero-order chi connectivity index (χ0) is 14.3. The van der Waals surface area contributed by atoms with Gasteiger partial charge in [-0.2, -0.15) is 0 Å². The molecule has 1 heterocycles. The Hall–Kier alpha value is -1.39. The molecule has 0 aliphatic carbocycles. The zero-order valence-electron chi connectivity index (χ0n) is 10.9. The molecule has 5 nitrogen and oxygen atoms in total. The van der Waals surface area contributed by atoms with E-state index >= 15 is 0 Å². The lowest BCUT2D eigenvalue weighted by Crippen LogP contribution is -2.36. The van der Waals surface area contributed by atoms with Crippen molar-refractivity contribution in [2.75, 3.05) is 33.9 Å². The van der Waals surface area contributed by atoms with Gasteiger partial charge >= 0.3 is 0 Å². The highest BCUT2D eigenvalue weighted by Gasteiger charge is 2.16. The average Bonchev–Trinajstić information content (AvgIpc) is 2.84. The van der Waals surface area contributed by atoms with Crippen molar-refractivity contribution >= 4 is 17.2 Å². The number of aliphatic hydroxyl groups is 2. The molecule has 1 rings (SSSR count). The van der Waals surface area contributed by atoms with E-state index in [0.29, 0.717) is 5.56 Å². The number of hydrogen-bond donors (Lipinski definition) is 2. The number of nitrogens with zero attached hydrogens (tertiary/aromatic N) is 1. The molecule has 0 fully saturated rings. The van der Waals surface area contributed by atoms with E-state index in [1.165, 1.54) is 23.3 Å². The van der Waals surface area contributed by atoms with Crippen molar-refractivity contribution in [3.8, 4) is 11.8 Å². The van der Waals surface area contributed by atoms with E-state index in [4.69, 9.17) is 9.84 Å². The normalized spacial score (nSPS) is 11.6. The molecule has 0 radical (unpaired) electrons. The summed E-state index contributed by atoms with van der Waals surface area (Å²) >= 11 is 1.34. The van der Waals surface area contributed by atoms with Crippen molar-refractivity contribution in [3.63, 3.8) is 0 Å². The van der Waals surface area contributed by atoms with Crippen molar-refractivity contribution in [3.05, 3.63) is 21.9 Å². The molecule has 2 N–H and O–H groups in total. The lowest BCUT2D eigenvalue weighted by Gasteiger charge is -2.19. The van der Waals surface area contributed by atoms with Crippen LogP contribution in [0.1, 0.15) is 15.2 Å². The molecule has 0 saturated carbocycles. The molecule has 0 aliphatic heterocycles. The molecule has 0 aromatic carbocycles. The molecule has 1 amide bonds. The number of carbonyl (C=O) groups is 1. The smallest absolute Gasteiger partial charge is 0.254 e. The number of likely N-dealkylation sites (N-methyl/N-ethyl adjacent to an activating group) is 1. The van der Waals surface area contributed by atoms with E-state index in [1.807, 2.05) is 0 Å². The van der Waals surface area contributed by atoms with Crippen LogP contribution in [0.3, 0.4) is 0 Å². The Morgan fingerprint density at radius 1 is 1.63 bits per heavy atom. The first-order valence-electron chi connectivity index (χ1n) is 5.69. The Labute approximate surface area is 116 Å². The van der Waals surface area contributed by atoms with Gasteiger partial charge < -0.3 is 19.8 Å². The van der Waals surface area contributed by atoms with Crippen molar-refractivity contribution < 1.29 is 19.7 Å². The fraction of sp³-hybridized carbons (Fsp3) is 0.462. The highest BCUT2D eigenvalue weighted by atomic mass is 32.1. The number of thiophene rings is 1. The maximum Gasteiger partial charge on any atom is 0.254 e. The summed E-state index contributed by atoms with van der Waals surface area (Å²) in [4.78, 5) is 14.2. The lowest BCUT2D eigenvalue weighted by atomic mass is 10.2. The predicted octanol–water partition coefficient (Wildman–Crippen LogP) is 0.171. The van der Waals surface area contributed by atoms with Crippen molar-refractivity contribution in [2.24, 2.45) is 0 Å². The minimum absolute atomic E-state index is 0.177. The Morgan fingerprint density at radius 3 is 3.00 bits per heavy atom. The van der Waals surface area contributed by atoms with Gasteiger partial charge in [0.05, 0.1) is 23.2 Å². The third-order valence-corrected chi connectivity index (χ3v) is 3.17. The average molecular weight is 283 g/mol. The van der Waals surface area contributed by atoms with Crippen LogP contribution in [0.25, 0.3) is 0 Å². The van der Waals surface area contributed by atoms with Gasteiger partial charge in [0.2, 0.25) is 0 Å². The number of amides is 1. The third-order valence-electron chi connectivity index (χ3n) is 2.33. The van der Waals surface area contributed by atoms with Gasteiger partial charge in [-0.3, -0.25) is 4.79 Å². The molecule has 0 aliphatic rings. The number of aliphatic hydroxyl groups excluding tert-OH is 2. The van der Waals surface area contributed by atoms with E-state index in [1.54, 1.807) is 18.5 Å². The molecule has 0 saturated heterocycles. The summed E-state index contributed by atoms with van der Waals surface area (Å²) in [5.74, 6) is 5.10. The molecule has 19 heavy (non-hydrogen) atoms. The minimum atomic E-state index is -0.703. The largest absolute Gasteiger partial charge is 0.389 e. The van der Waals surface area contributed by atoms with Crippen LogP contribution in [-0.4, -0.2) is 61.0 Å². The summed E-state index contributed by atoms with van der Waals surface area (Å²) in [7, 11) is 3.12. The van der Waals surface area contributed by atoms with Gasteiger partial charge in [0.15, 0.2) is 0 Å². The number of rotatable bonds is 5. The number of ether oxygens (including phenoxy) is 1. The van der Waals surface area contributed by atoms with Gasteiger partial charge in [0, 0.05) is 26.1 Å². The first-order chi connectivity index (χ1) is 9.08. The fourth-order valence-electron chi connectivity index (χ4n) is 1.51. The quantitative estimate of drug-likeness (QED) is 0.756. The summed E-state index contributed by atoms with van der Waals surface area (Å²) in [5, 5.41) is 19.9. The van der Waals surface area contributed by atoms with Crippen molar-refractivity contribution in [1.82, 2.24) is 4.90 Å². The van der Waals surface area contributed by atoms with Crippen LogP contribution in [0.4, 0.5) is 0 Å². The van der Waals surface area contributed by atoms with Gasteiger partial charge in [0.25, 0.3) is 5.91 Å². The minimum Gasteiger partial charge on any atom is -0.389 e. The summed E-state index contributed by atoms with van der Waals surface area (Å²) in [6, 6.07) is 1.68. The van der Waals surface area contributed by atoms with Crippen LogP contribution in [0.15, 0.2) is 11.4 Å². The summed E-state index contributed by atoms with van der Waals surface area (Å²) in [6.45, 7) is 0.193. The van der Waals surface area contributed by atoms with E-state index in [0.717, 1.165) is 4.88 Å². The van der Waals surface area contributed by atoms with Crippen LogP contribution in [0.5, 0.6) is 0 Å². The van der Waals surface area contributed by atoms with Crippen LogP contribution < -0.4 is 0 Å². The van der Waals surface area contributed by atoms with Gasteiger partial charge in [-0.25, -0.2) is 0 Å². The Morgan fingerprint density at radius 2 is 2.37 bits per heavy atom. The van der Waals surface area contributed by atoms with Crippen LogP contribution in [0.2, 0.25) is 0 Å². The summed E-state index contributed by atoms with van der Waals surface area (Å²) in [5.41, 5.74) is 0.527. The topological polar surface area (TPSA) is 70.0 Å². The van der Waals surface area contributed by atoms with Crippen molar-refractivity contribution in [2.45, 2.75) is 6.10 Å². The predicted molar refractivity (Wildman–Crippen MR) is 73.1 cm³/mol. The molecule has 104 valence electrons. The van der Waals surface area contributed by atoms with Gasteiger partial charge in [0.1, 0.15) is 6.61 Å². The standard InChI is InChI=1S/C13H17NO4S/c1-14(7-11(16)8-18-2)13(17)10-6-12(19-9-10)4-3-5-15/h6,9,11,15-16H,5,7-8H2,1-2H3. The molecular formula is C13H17NO4S. The molecule has 1 aromatic rings. The molecule has 0 bridgehead atoms. The molecule has 1 aromatic heterocycles. The van der Waals surface area contributed by atoms with Gasteiger partial charge in [-0.15, -0.1) is 11.3 Å². The van der Waals surface area contributed by atoms with Crippen LogP contribution in [-0.2, 0) is 4.74 Å². The second kappa shape index (κ2) is 7.92. The third kappa shape index (κ3) is 5.01. The number of hydrogen-bond acceptors (Lipinski definition) is 5. The number of carbonyl (C=O) groups excluding carboxylic acids is 1. The molecule has 0 spiro atoms. The first kappa shape index (κ1) is 15.7. The van der Waals surface area contributed by atoms with E-state index in [2.05, 4.69) is 11.8 Å². The Kier molecular flexibility index (Phi) is 6.53. The van der Waals surface area contributed by atoms with Crippen LogP contribution >= 0.6 is 11.3 Å². The highest BCUT2D eigenvalue weighted by Crippen LogP contribution is 2.15. The zero-order valence-corrected chi connectivity index (χ0v) is 11.7.